The van der Waals surface area contributed by atoms with Crippen molar-refractivity contribution in [1.29, 1.82) is 0 Å². The summed E-state index contributed by atoms with van der Waals surface area (Å²) in [5, 5.41) is 0.919. The number of esters is 1. The van der Waals surface area contributed by atoms with Crippen molar-refractivity contribution in [3.8, 4) is 11.5 Å². The van der Waals surface area contributed by atoms with Crippen LogP contribution >= 0.6 is 0 Å². The van der Waals surface area contributed by atoms with E-state index in [-0.39, 0.29) is 0 Å². The average molecular weight is 321 g/mol. The maximum atomic E-state index is 12.4. The van der Waals surface area contributed by atoms with Crippen LogP contribution in [0.5, 0.6) is 11.5 Å². The smallest absolute Gasteiger partial charge is 0.360 e. The first-order valence-corrected chi connectivity index (χ1v) is 7.44. The molecule has 24 heavy (non-hydrogen) atoms. The van der Waals surface area contributed by atoms with Crippen molar-refractivity contribution in [2.75, 3.05) is 7.11 Å². The average Bonchev–Trinajstić information content (AvgIpc) is 3.18. The molecule has 2 heterocycles. The molecule has 4 rings (SSSR count). The van der Waals surface area contributed by atoms with E-state index < -0.39 is 5.97 Å². The van der Waals surface area contributed by atoms with Gasteiger partial charge in [-0.3, -0.25) is 0 Å². The van der Waals surface area contributed by atoms with E-state index in [1.807, 2.05) is 35.9 Å². The van der Waals surface area contributed by atoms with Gasteiger partial charge in [0.1, 0.15) is 17.2 Å². The van der Waals surface area contributed by atoms with Gasteiger partial charge in [-0.05, 0) is 30.3 Å². The standard InChI is InChI=1S/C18H15N3O3/c1-21-10-19-15-9-13(5-6-17(15)21)24-18(22)16-7-11-3-4-12(23-2)8-14(11)20-16/h3-10,20H,1-2H3. The predicted molar refractivity (Wildman–Crippen MR) is 90.5 cm³/mol. The molecule has 0 bridgehead atoms. The van der Waals surface area contributed by atoms with E-state index in [0.717, 1.165) is 27.7 Å². The van der Waals surface area contributed by atoms with Crippen LogP contribution in [-0.4, -0.2) is 27.6 Å². The number of hydrogen-bond donors (Lipinski definition) is 1. The van der Waals surface area contributed by atoms with E-state index in [0.29, 0.717) is 11.4 Å². The zero-order valence-electron chi connectivity index (χ0n) is 13.2. The molecule has 0 aliphatic heterocycles. The topological polar surface area (TPSA) is 69.1 Å². The number of benzene rings is 2. The van der Waals surface area contributed by atoms with Crippen molar-refractivity contribution in [3.63, 3.8) is 0 Å². The summed E-state index contributed by atoms with van der Waals surface area (Å²) in [7, 11) is 3.52. The highest BCUT2D eigenvalue weighted by atomic mass is 16.5. The fraction of sp³-hybridized carbons (Fsp3) is 0.111. The number of rotatable bonds is 3. The summed E-state index contributed by atoms with van der Waals surface area (Å²) in [6.07, 6.45) is 1.72. The highest BCUT2D eigenvalue weighted by molar-refractivity contribution is 5.96. The maximum Gasteiger partial charge on any atom is 0.360 e. The molecule has 0 saturated carbocycles. The highest BCUT2D eigenvalue weighted by Crippen LogP contribution is 2.23. The van der Waals surface area contributed by atoms with Crippen molar-refractivity contribution in [3.05, 3.63) is 54.5 Å². The van der Waals surface area contributed by atoms with Gasteiger partial charge in [0.05, 0.1) is 24.5 Å². The first-order chi connectivity index (χ1) is 11.6. The second-order valence-electron chi connectivity index (χ2n) is 5.53. The molecule has 2 aromatic heterocycles. The molecule has 0 radical (unpaired) electrons. The number of carbonyl (C=O) groups is 1. The normalized spacial score (nSPS) is 11.1. The lowest BCUT2D eigenvalue weighted by atomic mass is 10.2. The fourth-order valence-electron chi connectivity index (χ4n) is 2.68. The van der Waals surface area contributed by atoms with Crippen LogP contribution in [0, 0.1) is 0 Å². The Bertz CT molecular complexity index is 1060. The van der Waals surface area contributed by atoms with Crippen LogP contribution in [0.3, 0.4) is 0 Å². The molecule has 6 heteroatoms. The van der Waals surface area contributed by atoms with E-state index in [2.05, 4.69) is 9.97 Å². The van der Waals surface area contributed by atoms with E-state index in [1.54, 1.807) is 31.6 Å². The Morgan fingerprint density at radius 3 is 2.79 bits per heavy atom. The number of aromatic nitrogens is 3. The molecule has 0 fully saturated rings. The number of ether oxygens (including phenoxy) is 2. The van der Waals surface area contributed by atoms with Crippen LogP contribution in [0.25, 0.3) is 21.9 Å². The van der Waals surface area contributed by atoms with Gasteiger partial charge >= 0.3 is 5.97 Å². The Kier molecular flexibility index (Phi) is 3.23. The third-order valence-electron chi connectivity index (χ3n) is 3.96. The highest BCUT2D eigenvalue weighted by Gasteiger charge is 2.13. The van der Waals surface area contributed by atoms with Gasteiger partial charge < -0.3 is 19.0 Å². The fourth-order valence-corrected chi connectivity index (χ4v) is 2.68. The Morgan fingerprint density at radius 2 is 1.96 bits per heavy atom. The molecular weight excluding hydrogens is 306 g/mol. The third-order valence-corrected chi connectivity index (χ3v) is 3.96. The number of imidazole rings is 1. The number of nitrogens with one attached hydrogen (secondary N) is 1. The second kappa shape index (κ2) is 5.42. The van der Waals surface area contributed by atoms with Crippen LogP contribution in [0.4, 0.5) is 0 Å². The lowest BCUT2D eigenvalue weighted by molar-refractivity contribution is 0.0730. The zero-order valence-corrected chi connectivity index (χ0v) is 13.2. The maximum absolute atomic E-state index is 12.4. The summed E-state index contributed by atoms with van der Waals surface area (Å²) in [5.74, 6) is 0.743. The molecule has 0 amide bonds. The number of aryl methyl sites for hydroxylation is 1. The Labute approximate surface area is 137 Å². The predicted octanol–water partition coefficient (Wildman–Crippen LogP) is 3.28. The van der Waals surface area contributed by atoms with Crippen LogP contribution in [0.1, 0.15) is 10.5 Å². The van der Waals surface area contributed by atoms with E-state index >= 15 is 0 Å². The Hall–Kier alpha value is -3.28. The van der Waals surface area contributed by atoms with Crippen molar-refractivity contribution < 1.29 is 14.3 Å². The quantitative estimate of drug-likeness (QED) is 0.464. The lowest BCUT2D eigenvalue weighted by Crippen LogP contribution is -2.08. The van der Waals surface area contributed by atoms with Gasteiger partial charge in [-0.15, -0.1) is 0 Å². The number of fused-ring (bicyclic) bond motifs is 2. The van der Waals surface area contributed by atoms with Gasteiger partial charge in [-0.2, -0.15) is 0 Å². The van der Waals surface area contributed by atoms with Crippen molar-refractivity contribution in [2.45, 2.75) is 0 Å². The molecule has 0 aliphatic carbocycles. The van der Waals surface area contributed by atoms with Crippen molar-refractivity contribution >= 4 is 27.9 Å². The minimum absolute atomic E-state index is 0.388. The molecular formula is C18H15N3O3. The largest absolute Gasteiger partial charge is 0.497 e. The number of nitrogens with zero attached hydrogens (tertiary/aromatic N) is 2. The van der Waals surface area contributed by atoms with Crippen LogP contribution < -0.4 is 9.47 Å². The minimum atomic E-state index is -0.444. The molecule has 6 nitrogen and oxygen atoms in total. The van der Waals surface area contributed by atoms with Gasteiger partial charge in [0.25, 0.3) is 0 Å². The summed E-state index contributed by atoms with van der Waals surface area (Å²) >= 11 is 0. The van der Waals surface area contributed by atoms with Crippen LogP contribution in [0.15, 0.2) is 48.8 Å². The number of methoxy groups -OCH3 is 1. The summed E-state index contributed by atoms with van der Waals surface area (Å²) in [6.45, 7) is 0. The van der Waals surface area contributed by atoms with E-state index in [9.17, 15) is 4.79 Å². The monoisotopic (exact) mass is 321 g/mol. The molecule has 0 saturated heterocycles. The molecule has 0 spiro atoms. The van der Waals surface area contributed by atoms with Gasteiger partial charge in [0, 0.05) is 30.1 Å². The molecule has 0 aliphatic rings. The van der Waals surface area contributed by atoms with Gasteiger partial charge in [0.2, 0.25) is 0 Å². The molecule has 2 aromatic carbocycles. The minimum Gasteiger partial charge on any atom is -0.497 e. The zero-order chi connectivity index (χ0) is 16.7. The first kappa shape index (κ1) is 14.3. The second-order valence-corrected chi connectivity index (χ2v) is 5.53. The summed E-state index contributed by atoms with van der Waals surface area (Å²) in [5.41, 5.74) is 2.97. The van der Waals surface area contributed by atoms with Gasteiger partial charge in [-0.25, -0.2) is 9.78 Å². The summed E-state index contributed by atoms with van der Waals surface area (Å²) < 4.78 is 12.5. The molecule has 4 aromatic rings. The van der Waals surface area contributed by atoms with Gasteiger partial charge in [-0.1, -0.05) is 0 Å². The van der Waals surface area contributed by atoms with E-state index in [1.165, 1.54) is 0 Å². The van der Waals surface area contributed by atoms with Crippen LogP contribution in [-0.2, 0) is 7.05 Å². The Balaban J connectivity index is 1.62. The molecule has 0 atom stereocenters. The van der Waals surface area contributed by atoms with Gasteiger partial charge in [0.15, 0.2) is 0 Å². The molecule has 0 unspecified atom stereocenters. The number of aromatic amines is 1. The third kappa shape index (κ3) is 2.38. The first-order valence-electron chi connectivity index (χ1n) is 7.44. The van der Waals surface area contributed by atoms with E-state index in [4.69, 9.17) is 9.47 Å². The Morgan fingerprint density at radius 1 is 1.12 bits per heavy atom. The number of H-pyrrole nitrogens is 1. The summed E-state index contributed by atoms with van der Waals surface area (Å²) in [4.78, 5) is 19.7. The molecule has 120 valence electrons. The lowest BCUT2D eigenvalue weighted by Gasteiger charge is -2.03. The number of hydrogen-bond acceptors (Lipinski definition) is 4. The van der Waals surface area contributed by atoms with Crippen molar-refractivity contribution in [1.82, 2.24) is 14.5 Å². The van der Waals surface area contributed by atoms with Crippen LogP contribution in [0.2, 0.25) is 0 Å². The summed E-state index contributed by atoms with van der Waals surface area (Å²) in [6, 6.07) is 12.7. The number of carbonyl (C=O) groups excluding carboxylic acids is 1. The molecule has 1 N–H and O–H groups in total. The SMILES string of the molecule is COc1ccc2cc(C(=O)Oc3ccc4c(c3)ncn4C)[nH]c2c1. The van der Waals surface area contributed by atoms with Crippen molar-refractivity contribution in [2.24, 2.45) is 7.05 Å².